The van der Waals surface area contributed by atoms with E-state index in [1.165, 1.54) is 13.0 Å². The van der Waals surface area contributed by atoms with Crippen LogP contribution in [-0.2, 0) is 10.2 Å². The normalized spacial score (nSPS) is 17.1. The highest BCUT2D eigenvalue weighted by molar-refractivity contribution is 5.88. The highest BCUT2D eigenvalue weighted by Gasteiger charge is 2.44. The molecule has 3 aromatic heterocycles. The van der Waals surface area contributed by atoms with Crippen LogP contribution in [0, 0.1) is 17.6 Å². The molecule has 1 fully saturated rings. The third-order valence-corrected chi connectivity index (χ3v) is 5.52. The van der Waals surface area contributed by atoms with Crippen molar-refractivity contribution < 1.29 is 18.7 Å². The van der Waals surface area contributed by atoms with E-state index in [-0.39, 0.29) is 23.0 Å². The van der Waals surface area contributed by atoms with Crippen molar-refractivity contribution >= 4 is 22.8 Å². The van der Waals surface area contributed by atoms with Gasteiger partial charge in [0.1, 0.15) is 11.5 Å². The molecular weight excluding hydrogens is 382 g/mol. The summed E-state index contributed by atoms with van der Waals surface area (Å²) in [5.74, 6) is -2.91. The molecule has 0 aliphatic heterocycles. The van der Waals surface area contributed by atoms with Crippen molar-refractivity contribution in [3.63, 3.8) is 0 Å². The van der Waals surface area contributed by atoms with Crippen molar-refractivity contribution in [2.24, 2.45) is 5.92 Å². The third-order valence-electron chi connectivity index (χ3n) is 5.52. The zero-order chi connectivity index (χ0) is 20.9. The topological polar surface area (TPSA) is 117 Å². The Labute approximate surface area is 164 Å². The van der Waals surface area contributed by atoms with Crippen molar-refractivity contribution in [1.29, 1.82) is 0 Å². The van der Waals surface area contributed by atoms with Gasteiger partial charge in [0, 0.05) is 11.5 Å². The number of carboxylic acid groups (broad SMARTS) is 1. The van der Waals surface area contributed by atoms with Crippen molar-refractivity contribution in [1.82, 2.24) is 25.1 Å². The molecule has 1 aliphatic carbocycles. The summed E-state index contributed by atoms with van der Waals surface area (Å²) in [6.07, 6.45) is 2.62. The minimum atomic E-state index is -1.01. The number of aromatic nitrogens is 5. The first-order valence-electron chi connectivity index (χ1n) is 9.27. The molecule has 152 valence electrons. The van der Waals surface area contributed by atoms with E-state index in [4.69, 9.17) is 0 Å². The summed E-state index contributed by atoms with van der Waals surface area (Å²) in [7, 11) is 0. The highest BCUT2D eigenvalue weighted by Crippen LogP contribution is 2.48. The molecule has 3 heterocycles. The maximum Gasteiger partial charge on any atom is 0.308 e. The molecule has 0 radical (unpaired) electrons. The van der Waals surface area contributed by atoms with Crippen molar-refractivity contribution in [2.45, 2.75) is 45.1 Å². The first-order chi connectivity index (χ1) is 13.7. The van der Waals surface area contributed by atoms with E-state index >= 15 is 4.39 Å². The molecule has 0 unspecified atom stereocenters. The zero-order valence-corrected chi connectivity index (χ0v) is 16.1. The number of H-pyrrole nitrogens is 1. The third kappa shape index (κ3) is 3.39. The summed E-state index contributed by atoms with van der Waals surface area (Å²) in [5.41, 5.74) is 0.422. The van der Waals surface area contributed by atoms with Crippen LogP contribution in [-0.4, -0.2) is 42.3 Å². The maximum absolute atomic E-state index is 15.2. The number of halogens is 2. The quantitative estimate of drug-likeness (QED) is 0.579. The van der Waals surface area contributed by atoms with Gasteiger partial charge < -0.3 is 10.4 Å². The van der Waals surface area contributed by atoms with Gasteiger partial charge in [-0.25, -0.2) is 23.7 Å². The maximum atomic E-state index is 15.2. The number of aromatic amines is 1. The number of fused-ring (bicyclic) bond motifs is 1. The van der Waals surface area contributed by atoms with E-state index < -0.39 is 35.0 Å². The van der Waals surface area contributed by atoms with Crippen LogP contribution in [0.2, 0.25) is 0 Å². The minimum Gasteiger partial charge on any atom is -0.481 e. The van der Waals surface area contributed by atoms with Crippen LogP contribution < -0.4 is 5.32 Å². The Morgan fingerprint density at radius 3 is 2.69 bits per heavy atom. The number of carboxylic acids is 1. The Hall–Kier alpha value is -3.17. The van der Waals surface area contributed by atoms with E-state index in [0.29, 0.717) is 11.0 Å². The smallest absolute Gasteiger partial charge is 0.308 e. The second kappa shape index (κ2) is 6.71. The van der Waals surface area contributed by atoms with Gasteiger partial charge in [0.05, 0.1) is 23.2 Å². The van der Waals surface area contributed by atoms with Gasteiger partial charge in [0.25, 0.3) is 0 Å². The fourth-order valence-corrected chi connectivity index (χ4v) is 3.08. The standard InChI is InChI=1S/C19H20F2N6O2/c1-8(18(28)29)9(2)23-16-12(21)14(19(3)4-5-19)24-17(25-16)13-11-6-10(20)7-22-15(11)27-26-13/h6-9H,4-5H2,1-3H3,(H,28,29)(H,22,26,27)(H,23,24,25)/t8-,9-/m0/s1. The number of pyridine rings is 1. The van der Waals surface area contributed by atoms with Gasteiger partial charge in [-0.1, -0.05) is 6.92 Å². The Kier molecular flexibility index (Phi) is 4.44. The number of anilines is 1. The molecule has 3 aromatic rings. The number of hydrogen-bond acceptors (Lipinski definition) is 6. The summed E-state index contributed by atoms with van der Waals surface area (Å²) in [6, 6.07) is 0.675. The molecule has 3 N–H and O–H groups in total. The molecule has 0 saturated heterocycles. The van der Waals surface area contributed by atoms with Crippen molar-refractivity contribution in [2.75, 3.05) is 5.32 Å². The molecule has 0 bridgehead atoms. The number of rotatable bonds is 6. The van der Waals surface area contributed by atoms with Crippen molar-refractivity contribution in [3.8, 4) is 11.5 Å². The van der Waals surface area contributed by atoms with E-state index in [2.05, 4.69) is 30.5 Å². The molecule has 2 atom stereocenters. The average molecular weight is 402 g/mol. The Morgan fingerprint density at radius 1 is 1.31 bits per heavy atom. The van der Waals surface area contributed by atoms with Crippen LogP contribution >= 0.6 is 0 Å². The van der Waals surface area contributed by atoms with Crippen LogP contribution in [0.25, 0.3) is 22.6 Å². The lowest BCUT2D eigenvalue weighted by molar-refractivity contribution is -0.141. The van der Waals surface area contributed by atoms with E-state index in [1.807, 2.05) is 6.92 Å². The molecule has 4 rings (SSSR count). The van der Waals surface area contributed by atoms with Gasteiger partial charge >= 0.3 is 5.97 Å². The number of aliphatic carboxylic acids is 1. The number of hydrogen-bond donors (Lipinski definition) is 3. The molecule has 1 aliphatic rings. The second-order valence-corrected chi connectivity index (χ2v) is 7.80. The molecular formula is C19H20F2N6O2. The van der Waals surface area contributed by atoms with Crippen molar-refractivity contribution in [3.05, 3.63) is 29.6 Å². The second-order valence-electron chi connectivity index (χ2n) is 7.80. The predicted molar refractivity (Wildman–Crippen MR) is 101 cm³/mol. The van der Waals surface area contributed by atoms with Crippen LogP contribution in [0.5, 0.6) is 0 Å². The number of nitrogens with one attached hydrogen (secondary N) is 2. The summed E-state index contributed by atoms with van der Waals surface area (Å²) in [5, 5.41) is 19.3. The largest absolute Gasteiger partial charge is 0.481 e. The molecule has 8 nitrogen and oxygen atoms in total. The Bertz CT molecular complexity index is 1110. The lowest BCUT2D eigenvalue weighted by Crippen LogP contribution is -2.31. The first-order valence-corrected chi connectivity index (χ1v) is 9.27. The average Bonchev–Trinajstić information content (AvgIpc) is 3.29. The monoisotopic (exact) mass is 402 g/mol. The number of nitrogens with zero attached hydrogens (tertiary/aromatic N) is 4. The first kappa shape index (κ1) is 19.2. The Morgan fingerprint density at radius 2 is 2.03 bits per heavy atom. The molecule has 0 spiro atoms. The number of carbonyl (C=O) groups is 1. The summed E-state index contributed by atoms with van der Waals surface area (Å²) in [6.45, 7) is 5.07. The Balaban J connectivity index is 1.84. The zero-order valence-electron chi connectivity index (χ0n) is 16.1. The van der Waals surface area contributed by atoms with Gasteiger partial charge in [-0.05, 0) is 32.8 Å². The molecule has 1 saturated carbocycles. The lowest BCUT2D eigenvalue weighted by atomic mass is 10.0. The summed E-state index contributed by atoms with van der Waals surface area (Å²) in [4.78, 5) is 23.9. The van der Waals surface area contributed by atoms with E-state index in [9.17, 15) is 14.3 Å². The molecule has 0 aromatic carbocycles. The molecule has 10 heteroatoms. The summed E-state index contributed by atoms with van der Waals surface area (Å²) < 4.78 is 28.9. The molecule has 0 amide bonds. The van der Waals surface area contributed by atoms with E-state index in [0.717, 1.165) is 19.0 Å². The van der Waals surface area contributed by atoms with Crippen LogP contribution in [0.1, 0.15) is 39.3 Å². The van der Waals surface area contributed by atoms with E-state index in [1.54, 1.807) is 6.92 Å². The van der Waals surface area contributed by atoms with Crippen LogP contribution in [0.3, 0.4) is 0 Å². The van der Waals surface area contributed by atoms with Gasteiger partial charge in [0.2, 0.25) is 0 Å². The predicted octanol–water partition coefficient (Wildman–Crippen LogP) is 3.27. The minimum absolute atomic E-state index is 0.0979. The van der Waals surface area contributed by atoms with Gasteiger partial charge in [-0.3, -0.25) is 9.89 Å². The molecule has 29 heavy (non-hydrogen) atoms. The van der Waals surface area contributed by atoms with Crippen LogP contribution in [0.15, 0.2) is 12.3 Å². The van der Waals surface area contributed by atoms with Gasteiger partial charge in [-0.2, -0.15) is 5.10 Å². The fourth-order valence-electron chi connectivity index (χ4n) is 3.08. The highest BCUT2D eigenvalue weighted by atomic mass is 19.1. The SMILES string of the molecule is C[C@H](Nc1nc(-c2n[nH]c3ncc(F)cc23)nc(C2(C)CC2)c1F)[C@H](C)C(=O)O. The van der Waals surface area contributed by atoms with Crippen LogP contribution in [0.4, 0.5) is 14.6 Å². The van der Waals surface area contributed by atoms with Gasteiger partial charge in [-0.15, -0.1) is 0 Å². The van der Waals surface area contributed by atoms with Gasteiger partial charge in [0.15, 0.2) is 23.1 Å². The lowest BCUT2D eigenvalue weighted by Gasteiger charge is -2.21. The summed E-state index contributed by atoms with van der Waals surface area (Å²) >= 11 is 0. The fraction of sp³-hybridized carbons (Fsp3) is 0.421.